The number of amides is 1. The molecular formula is C16H25FN2O2. The van der Waals surface area contributed by atoms with Crippen molar-refractivity contribution in [2.75, 3.05) is 32.7 Å². The van der Waals surface area contributed by atoms with Gasteiger partial charge in [-0.05, 0) is 20.8 Å². The van der Waals surface area contributed by atoms with Gasteiger partial charge in [0.05, 0.1) is 0 Å². The maximum Gasteiger partial charge on any atom is 0.410 e. The smallest absolute Gasteiger partial charge is 0.410 e. The number of halogens is 1. The van der Waals surface area contributed by atoms with Crippen LogP contribution in [0.5, 0.6) is 0 Å². The van der Waals surface area contributed by atoms with E-state index in [1.165, 1.54) is 0 Å². The predicted octanol–water partition coefficient (Wildman–Crippen LogP) is 2.29. The van der Waals surface area contributed by atoms with Crippen LogP contribution >= 0.6 is 0 Å². The van der Waals surface area contributed by atoms with Gasteiger partial charge in [-0.2, -0.15) is 0 Å². The summed E-state index contributed by atoms with van der Waals surface area (Å²) in [4.78, 5) is 15.6. The maximum atomic E-state index is 14.8. The van der Waals surface area contributed by atoms with Gasteiger partial charge in [0.2, 0.25) is 0 Å². The lowest BCUT2D eigenvalue weighted by Crippen LogP contribution is -2.55. The highest BCUT2D eigenvalue weighted by atomic mass is 19.1. The monoisotopic (exact) mass is 296 g/mol. The summed E-state index contributed by atoms with van der Waals surface area (Å²) in [6, 6.07) is 0. The molecule has 118 valence electrons. The first-order chi connectivity index (χ1) is 9.71. The molecule has 2 fully saturated rings. The Morgan fingerprint density at radius 1 is 1.38 bits per heavy atom. The molecule has 0 aliphatic carbocycles. The van der Waals surface area contributed by atoms with E-state index in [1.54, 1.807) is 4.90 Å². The summed E-state index contributed by atoms with van der Waals surface area (Å²) in [5.74, 6) is 2.96. The summed E-state index contributed by atoms with van der Waals surface area (Å²) in [5.41, 5.74) is -1.72. The third-order valence-corrected chi connectivity index (χ3v) is 4.01. The number of alkyl halides is 1. The van der Waals surface area contributed by atoms with Gasteiger partial charge in [0.15, 0.2) is 0 Å². The number of nitrogens with zero attached hydrogens (tertiary/aromatic N) is 2. The fraction of sp³-hybridized carbons (Fsp3) is 0.812. The number of rotatable bonds is 2. The number of likely N-dealkylation sites (tertiary alicyclic amines) is 2. The second-order valence-electron chi connectivity index (χ2n) is 7.18. The van der Waals surface area contributed by atoms with E-state index in [1.807, 2.05) is 20.8 Å². The van der Waals surface area contributed by atoms with Crippen LogP contribution in [0.3, 0.4) is 0 Å². The molecule has 2 heterocycles. The molecule has 2 saturated heterocycles. The summed E-state index contributed by atoms with van der Waals surface area (Å²) < 4.78 is 20.1. The van der Waals surface area contributed by atoms with Crippen molar-refractivity contribution in [1.29, 1.82) is 0 Å². The number of carbonyl (C=O) groups excluding carboxylic acids is 1. The van der Waals surface area contributed by atoms with Gasteiger partial charge in [0.1, 0.15) is 11.3 Å². The second kappa shape index (κ2) is 5.84. The highest BCUT2D eigenvalue weighted by Crippen LogP contribution is 2.30. The van der Waals surface area contributed by atoms with Gasteiger partial charge in [-0.15, -0.1) is 12.3 Å². The lowest BCUT2D eigenvalue weighted by Gasteiger charge is -2.43. The van der Waals surface area contributed by atoms with Crippen LogP contribution in [0, 0.1) is 18.3 Å². The van der Waals surface area contributed by atoms with Crippen molar-refractivity contribution < 1.29 is 13.9 Å². The normalized spacial score (nSPS) is 23.3. The van der Waals surface area contributed by atoms with E-state index in [0.717, 1.165) is 13.1 Å². The molecule has 0 unspecified atom stereocenters. The summed E-state index contributed by atoms with van der Waals surface area (Å²) in [6.07, 6.45) is 5.72. The Hall–Kier alpha value is -1.28. The van der Waals surface area contributed by atoms with E-state index in [-0.39, 0.29) is 12.0 Å². The minimum atomic E-state index is -1.21. The molecule has 5 heteroatoms. The average Bonchev–Trinajstić information content (AvgIpc) is 2.32. The second-order valence-corrected chi connectivity index (χ2v) is 7.18. The number of terminal acetylenes is 1. The van der Waals surface area contributed by atoms with Crippen LogP contribution in [0.1, 0.15) is 33.6 Å². The van der Waals surface area contributed by atoms with Crippen LogP contribution in [0.2, 0.25) is 0 Å². The molecule has 0 radical (unpaired) electrons. The first-order valence-electron chi connectivity index (χ1n) is 7.56. The largest absolute Gasteiger partial charge is 0.444 e. The van der Waals surface area contributed by atoms with Crippen molar-refractivity contribution in [2.24, 2.45) is 5.92 Å². The quantitative estimate of drug-likeness (QED) is 0.733. The molecule has 0 aromatic carbocycles. The molecule has 1 amide bonds. The molecular weight excluding hydrogens is 271 g/mol. The molecule has 4 nitrogen and oxygen atoms in total. The third kappa shape index (κ3) is 4.34. The van der Waals surface area contributed by atoms with E-state index >= 15 is 0 Å². The molecule has 0 N–H and O–H groups in total. The van der Waals surface area contributed by atoms with Gasteiger partial charge in [0.25, 0.3) is 0 Å². The van der Waals surface area contributed by atoms with Crippen molar-refractivity contribution in [3.63, 3.8) is 0 Å². The summed E-state index contributed by atoms with van der Waals surface area (Å²) in [7, 11) is 0. The molecule has 2 aliphatic rings. The van der Waals surface area contributed by atoms with Gasteiger partial charge in [-0.1, -0.05) is 0 Å². The number of carbonyl (C=O) groups is 1. The Balaban J connectivity index is 1.77. The van der Waals surface area contributed by atoms with E-state index in [0.29, 0.717) is 32.5 Å². The minimum Gasteiger partial charge on any atom is -0.444 e. The van der Waals surface area contributed by atoms with Crippen LogP contribution in [0.15, 0.2) is 0 Å². The molecule has 0 atom stereocenters. The van der Waals surface area contributed by atoms with Crippen molar-refractivity contribution in [3.8, 4) is 12.3 Å². The van der Waals surface area contributed by atoms with Crippen LogP contribution in [-0.2, 0) is 4.74 Å². The van der Waals surface area contributed by atoms with Crippen molar-refractivity contribution in [1.82, 2.24) is 9.80 Å². The van der Waals surface area contributed by atoms with E-state index < -0.39 is 11.3 Å². The predicted molar refractivity (Wildman–Crippen MR) is 79.6 cm³/mol. The molecule has 0 bridgehead atoms. The van der Waals surface area contributed by atoms with Crippen molar-refractivity contribution >= 4 is 6.09 Å². The van der Waals surface area contributed by atoms with Gasteiger partial charge in [-0.25, -0.2) is 9.18 Å². The Labute approximate surface area is 126 Å². The number of piperidine rings is 1. The Morgan fingerprint density at radius 2 is 1.95 bits per heavy atom. The standard InChI is InChI=1S/C16H25FN2O2/c1-5-13-10-18(11-13)12-16(17)6-8-19(9-7-16)14(20)21-15(2,3)4/h1,13H,6-12H2,2-4H3. The third-order valence-electron chi connectivity index (χ3n) is 4.01. The maximum absolute atomic E-state index is 14.8. The van der Waals surface area contributed by atoms with Gasteiger partial charge in [-0.3, -0.25) is 4.90 Å². The van der Waals surface area contributed by atoms with E-state index in [2.05, 4.69) is 10.8 Å². The highest BCUT2D eigenvalue weighted by Gasteiger charge is 2.40. The van der Waals surface area contributed by atoms with Crippen LogP contribution < -0.4 is 0 Å². The van der Waals surface area contributed by atoms with E-state index in [9.17, 15) is 9.18 Å². The Morgan fingerprint density at radius 3 is 2.43 bits per heavy atom. The van der Waals surface area contributed by atoms with Gasteiger partial charge >= 0.3 is 6.09 Å². The van der Waals surface area contributed by atoms with E-state index in [4.69, 9.17) is 11.2 Å². The highest BCUT2D eigenvalue weighted by molar-refractivity contribution is 5.68. The first kappa shape index (κ1) is 16.1. The zero-order valence-corrected chi connectivity index (χ0v) is 13.2. The zero-order valence-electron chi connectivity index (χ0n) is 13.2. The van der Waals surface area contributed by atoms with Crippen LogP contribution in [-0.4, -0.2) is 59.9 Å². The minimum absolute atomic E-state index is 0.274. The van der Waals surface area contributed by atoms with Crippen molar-refractivity contribution in [3.05, 3.63) is 0 Å². The zero-order chi connectivity index (χ0) is 15.7. The van der Waals surface area contributed by atoms with Crippen LogP contribution in [0.4, 0.5) is 9.18 Å². The molecule has 2 rings (SSSR count). The number of ether oxygens (including phenoxy) is 1. The molecule has 0 aromatic rings. The number of hydrogen-bond donors (Lipinski definition) is 0. The molecule has 21 heavy (non-hydrogen) atoms. The lowest BCUT2D eigenvalue weighted by atomic mass is 9.90. The Kier molecular flexibility index (Phi) is 4.48. The fourth-order valence-corrected chi connectivity index (χ4v) is 2.78. The summed E-state index contributed by atoms with van der Waals surface area (Å²) >= 11 is 0. The number of hydrogen-bond acceptors (Lipinski definition) is 3. The fourth-order valence-electron chi connectivity index (χ4n) is 2.78. The van der Waals surface area contributed by atoms with Crippen molar-refractivity contribution in [2.45, 2.75) is 44.9 Å². The SMILES string of the molecule is C#CC1CN(CC2(F)CCN(C(=O)OC(C)(C)C)CC2)C1. The Bertz CT molecular complexity index is 425. The topological polar surface area (TPSA) is 32.8 Å². The summed E-state index contributed by atoms with van der Waals surface area (Å²) in [5, 5.41) is 0. The van der Waals surface area contributed by atoms with Gasteiger partial charge in [0, 0.05) is 51.5 Å². The lowest BCUT2D eigenvalue weighted by molar-refractivity contribution is -0.0177. The first-order valence-corrected chi connectivity index (χ1v) is 7.56. The average molecular weight is 296 g/mol. The summed E-state index contributed by atoms with van der Waals surface area (Å²) in [6.45, 7) is 8.33. The molecule has 0 saturated carbocycles. The molecule has 0 spiro atoms. The molecule has 2 aliphatic heterocycles. The molecule has 0 aromatic heterocycles. The van der Waals surface area contributed by atoms with Crippen LogP contribution in [0.25, 0.3) is 0 Å². The van der Waals surface area contributed by atoms with Gasteiger partial charge < -0.3 is 9.64 Å².